The molecule has 0 bridgehead atoms. The number of rotatable bonds is 3. The summed E-state index contributed by atoms with van der Waals surface area (Å²) in [5.74, 6) is -3.22. The SMILES string of the molecule is O=C(Nc1ccc(F)cc1F)NC1C=CC(C(=O)O)C1. The average molecular weight is 282 g/mol. The molecule has 0 spiro atoms. The maximum absolute atomic E-state index is 13.3. The van der Waals surface area contributed by atoms with Gasteiger partial charge >= 0.3 is 12.0 Å². The number of carboxylic acid groups (broad SMARTS) is 1. The third-order valence-electron chi connectivity index (χ3n) is 2.90. The van der Waals surface area contributed by atoms with E-state index < -0.39 is 35.6 Å². The minimum Gasteiger partial charge on any atom is -0.481 e. The summed E-state index contributed by atoms with van der Waals surface area (Å²) in [5, 5.41) is 13.5. The van der Waals surface area contributed by atoms with Crippen molar-refractivity contribution in [3.05, 3.63) is 42.0 Å². The van der Waals surface area contributed by atoms with Gasteiger partial charge in [-0.2, -0.15) is 0 Å². The molecule has 1 aliphatic rings. The molecule has 0 saturated heterocycles. The van der Waals surface area contributed by atoms with Gasteiger partial charge in [-0.1, -0.05) is 12.2 Å². The molecule has 0 radical (unpaired) electrons. The fourth-order valence-electron chi connectivity index (χ4n) is 1.91. The lowest BCUT2D eigenvalue weighted by Gasteiger charge is -2.13. The fraction of sp³-hybridized carbons (Fsp3) is 0.231. The van der Waals surface area contributed by atoms with Crippen LogP contribution in [0, 0.1) is 17.6 Å². The Labute approximate surface area is 113 Å². The van der Waals surface area contributed by atoms with E-state index in [1.165, 1.54) is 6.08 Å². The molecule has 2 atom stereocenters. The molecule has 2 unspecified atom stereocenters. The summed E-state index contributed by atoms with van der Waals surface area (Å²) in [4.78, 5) is 22.4. The van der Waals surface area contributed by atoms with E-state index in [1.807, 2.05) is 0 Å². The molecule has 0 aliphatic heterocycles. The van der Waals surface area contributed by atoms with E-state index in [0.29, 0.717) is 6.07 Å². The van der Waals surface area contributed by atoms with Gasteiger partial charge < -0.3 is 15.7 Å². The lowest BCUT2D eigenvalue weighted by Crippen LogP contribution is -2.36. The largest absolute Gasteiger partial charge is 0.481 e. The number of anilines is 1. The number of urea groups is 1. The second kappa shape index (κ2) is 5.68. The Morgan fingerprint density at radius 3 is 2.60 bits per heavy atom. The number of carbonyl (C=O) groups is 2. The predicted molar refractivity (Wildman–Crippen MR) is 67.2 cm³/mol. The van der Waals surface area contributed by atoms with E-state index in [4.69, 9.17) is 5.11 Å². The summed E-state index contributed by atoms with van der Waals surface area (Å²) in [5.41, 5.74) is -0.152. The molecule has 2 amide bonds. The Bertz CT molecular complexity index is 575. The minimum atomic E-state index is -0.962. The summed E-state index contributed by atoms with van der Waals surface area (Å²) in [6.07, 6.45) is 3.31. The molecular formula is C13H12F2N2O3. The van der Waals surface area contributed by atoms with E-state index >= 15 is 0 Å². The lowest BCUT2D eigenvalue weighted by molar-refractivity contribution is -0.140. The van der Waals surface area contributed by atoms with Crippen LogP contribution in [0.2, 0.25) is 0 Å². The van der Waals surface area contributed by atoms with Gasteiger partial charge in [0.2, 0.25) is 0 Å². The first-order chi connectivity index (χ1) is 9.45. The van der Waals surface area contributed by atoms with Gasteiger partial charge in [0.25, 0.3) is 0 Å². The highest BCUT2D eigenvalue weighted by molar-refractivity contribution is 5.89. The van der Waals surface area contributed by atoms with Crippen LogP contribution in [0.25, 0.3) is 0 Å². The van der Waals surface area contributed by atoms with E-state index in [-0.39, 0.29) is 12.1 Å². The molecular weight excluding hydrogens is 270 g/mol. The van der Waals surface area contributed by atoms with Gasteiger partial charge in [-0.25, -0.2) is 13.6 Å². The molecule has 0 aromatic heterocycles. The van der Waals surface area contributed by atoms with Crippen LogP contribution in [-0.2, 0) is 4.79 Å². The molecule has 0 saturated carbocycles. The molecule has 5 nitrogen and oxygen atoms in total. The zero-order valence-corrected chi connectivity index (χ0v) is 10.3. The molecule has 0 heterocycles. The molecule has 7 heteroatoms. The number of halogens is 2. The van der Waals surface area contributed by atoms with Gasteiger partial charge in [-0.15, -0.1) is 0 Å². The summed E-state index contributed by atoms with van der Waals surface area (Å²) in [7, 11) is 0. The quantitative estimate of drug-likeness (QED) is 0.743. The lowest BCUT2D eigenvalue weighted by atomic mass is 10.1. The van der Waals surface area contributed by atoms with E-state index in [1.54, 1.807) is 6.08 Å². The fourth-order valence-corrected chi connectivity index (χ4v) is 1.91. The van der Waals surface area contributed by atoms with Crippen LogP contribution in [0.15, 0.2) is 30.4 Å². The molecule has 2 rings (SSSR count). The Balaban J connectivity index is 1.90. The second-order valence-electron chi connectivity index (χ2n) is 4.39. The molecule has 106 valence electrons. The Hall–Kier alpha value is -2.44. The third kappa shape index (κ3) is 3.31. The first kappa shape index (κ1) is 14.0. The number of nitrogens with one attached hydrogen (secondary N) is 2. The Morgan fingerprint density at radius 2 is 2.00 bits per heavy atom. The van der Waals surface area contributed by atoms with Crippen molar-refractivity contribution >= 4 is 17.7 Å². The molecule has 1 aromatic rings. The molecule has 20 heavy (non-hydrogen) atoms. The smallest absolute Gasteiger partial charge is 0.319 e. The van der Waals surface area contributed by atoms with E-state index in [9.17, 15) is 18.4 Å². The summed E-state index contributed by atoms with van der Waals surface area (Å²) in [6, 6.07) is 1.67. The predicted octanol–water partition coefficient (Wildman–Crippen LogP) is 2.12. The van der Waals surface area contributed by atoms with Gasteiger partial charge in [0.15, 0.2) is 0 Å². The highest BCUT2D eigenvalue weighted by Crippen LogP contribution is 2.19. The number of benzene rings is 1. The van der Waals surface area contributed by atoms with Crippen molar-refractivity contribution in [1.82, 2.24) is 5.32 Å². The highest BCUT2D eigenvalue weighted by atomic mass is 19.1. The second-order valence-corrected chi connectivity index (χ2v) is 4.39. The summed E-state index contributed by atoms with van der Waals surface area (Å²) >= 11 is 0. The van der Waals surface area contributed by atoms with Gasteiger partial charge in [-0.05, 0) is 18.6 Å². The first-order valence-electron chi connectivity index (χ1n) is 5.89. The van der Waals surface area contributed by atoms with Crippen molar-refractivity contribution < 1.29 is 23.5 Å². The van der Waals surface area contributed by atoms with Crippen LogP contribution in [0.3, 0.4) is 0 Å². The molecule has 1 aliphatic carbocycles. The maximum Gasteiger partial charge on any atom is 0.319 e. The number of carboxylic acids is 1. The van der Waals surface area contributed by atoms with Crippen molar-refractivity contribution in [1.29, 1.82) is 0 Å². The van der Waals surface area contributed by atoms with E-state index in [2.05, 4.69) is 10.6 Å². The third-order valence-corrected chi connectivity index (χ3v) is 2.90. The molecule has 1 aromatic carbocycles. The van der Waals surface area contributed by atoms with Gasteiger partial charge in [0, 0.05) is 6.07 Å². The molecule has 0 fully saturated rings. The zero-order valence-electron chi connectivity index (χ0n) is 10.3. The monoisotopic (exact) mass is 282 g/mol. The van der Waals surface area contributed by atoms with Crippen LogP contribution < -0.4 is 10.6 Å². The zero-order chi connectivity index (χ0) is 14.7. The highest BCUT2D eigenvalue weighted by Gasteiger charge is 2.25. The Kier molecular flexibility index (Phi) is 3.97. The number of amides is 2. The number of aliphatic carboxylic acids is 1. The maximum atomic E-state index is 13.3. The minimum absolute atomic E-state index is 0.152. The van der Waals surface area contributed by atoms with Crippen LogP contribution in [-0.4, -0.2) is 23.1 Å². The van der Waals surface area contributed by atoms with Crippen molar-refractivity contribution in [3.8, 4) is 0 Å². The topological polar surface area (TPSA) is 78.4 Å². The summed E-state index contributed by atoms with van der Waals surface area (Å²) in [6.45, 7) is 0. The van der Waals surface area contributed by atoms with Crippen molar-refractivity contribution in [3.63, 3.8) is 0 Å². The van der Waals surface area contributed by atoms with Crippen LogP contribution in [0.1, 0.15) is 6.42 Å². The van der Waals surface area contributed by atoms with Gasteiger partial charge in [-0.3, -0.25) is 4.79 Å². The van der Waals surface area contributed by atoms with Gasteiger partial charge in [0.1, 0.15) is 11.6 Å². The van der Waals surface area contributed by atoms with Crippen molar-refractivity contribution in [2.24, 2.45) is 5.92 Å². The number of hydrogen-bond acceptors (Lipinski definition) is 2. The van der Waals surface area contributed by atoms with Crippen molar-refractivity contribution in [2.45, 2.75) is 12.5 Å². The standard InChI is InChI=1S/C13H12F2N2O3/c14-8-2-4-11(10(15)6-8)17-13(20)16-9-3-1-7(5-9)12(18)19/h1-4,6-7,9H,5H2,(H,18,19)(H2,16,17,20). The van der Waals surface area contributed by atoms with Crippen LogP contribution >= 0.6 is 0 Å². The van der Waals surface area contributed by atoms with Crippen molar-refractivity contribution in [2.75, 3.05) is 5.32 Å². The normalized spacial score (nSPS) is 20.7. The van der Waals surface area contributed by atoms with Crippen LogP contribution in [0.4, 0.5) is 19.3 Å². The number of hydrogen-bond donors (Lipinski definition) is 3. The number of carbonyl (C=O) groups excluding carboxylic acids is 1. The average Bonchev–Trinajstić information content (AvgIpc) is 2.81. The van der Waals surface area contributed by atoms with Crippen LogP contribution in [0.5, 0.6) is 0 Å². The van der Waals surface area contributed by atoms with E-state index in [0.717, 1.165) is 12.1 Å². The summed E-state index contributed by atoms with van der Waals surface area (Å²) < 4.78 is 26.0. The van der Waals surface area contributed by atoms with Gasteiger partial charge in [0.05, 0.1) is 17.6 Å². The Morgan fingerprint density at radius 1 is 1.25 bits per heavy atom. The molecule has 3 N–H and O–H groups in total. The first-order valence-corrected chi connectivity index (χ1v) is 5.89.